The van der Waals surface area contributed by atoms with Gasteiger partial charge >= 0.3 is 5.97 Å². The Kier molecular flexibility index (Phi) is 5.47. The lowest BCUT2D eigenvalue weighted by Gasteiger charge is -2.19. The number of rotatable bonds is 4. The van der Waals surface area contributed by atoms with Gasteiger partial charge in [-0.15, -0.1) is 0 Å². The van der Waals surface area contributed by atoms with Crippen LogP contribution in [0.15, 0.2) is 12.1 Å². The highest BCUT2D eigenvalue weighted by molar-refractivity contribution is 6.35. The van der Waals surface area contributed by atoms with Crippen molar-refractivity contribution in [3.05, 3.63) is 27.7 Å². The molecule has 106 valence electrons. The minimum absolute atomic E-state index is 0.0391. The maximum Gasteiger partial charge on any atom is 0.320 e. The first kappa shape index (κ1) is 16.1. The number of aromatic hydroxyl groups is 1. The van der Waals surface area contributed by atoms with Crippen LogP contribution >= 0.6 is 23.2 Å². The number of phenols is 1. The van der Waals surface area contributed by atoms with Crippen LogP contribution in [-0.2, 0) is 16.1 Å². The highest BCUT2D eigenvalue weighted by Crippen LogP contribution is 2.30. The summed E-state index contributed by atoms with van der Waals surface area (Å²) >= 11 is 11.6. The summed E-state index contributed by atoms with van der Waals surface area (Å²) in [5, 5.41) is 13.2. The van der Waals surface area contributed by atoms with E-state index in [2.05, 4.69) is 5.32 Å². The lowest BCUT2D eigenvalue weighted by Crippen LogP contribution is -2.31. The monoisotopic (exact) mass is 305 g/mol. The number of carbonyl (C=O) groups is 1. The lowest BCUT2D eigenvalue weighted by molar-refractivity contribution is -0.153. The van der Waals surface area contributed by atoms with Crippen molar-refractivity contribution in [3.63, 3.8) is 0 Å². The predicted octanol–water partition coefficient (Wildman–Crippen LogP) is 3.13. The van der Waals surface area contributed by atoms with Gasteiger partial charge in [-0.25, -0.2) is 0 Å². The van der Waals surface area contributed by atoms with E-state index >= 15 is 0 Å². The predicted molar refractivity (Wildman–Crippen MR) is 75.7 cm³/mol. The second kappa shape index (κ2) is 6.46. The first-order valence-electron chi connectivity index (χ1n) is 5.78. The summed E-state index contributed by atoms with van der Waals surface area (Å²) in [6.45, 7) is 5.71. The quantitative estimate of drug-likeness (QED) is 0.839. The zero-order valence-corrected chi connectivity index (χ0v) is 12.6. The van der Waals surface area contributed by atoms with E-state index in [-0.39, 0.29) is 29.8 Å². The molecule has 0 fully saturated rings. The highest BCUT2D eigenvalue weighted by Gasteiger charge is 2.16. The Bertz CT molecular complexity index is 470. The summed E-state index contributed by atoms with van der Waals surface area (Å²) in [5.74, 6) is -0.400. The number of hydrogen-bond acceptors (Lipinski definition) is 4. The third-order valence-electron chi connectivity index (χ3n) is 2.11. The Morgan fingerprint density at radius 2 is 2.00 bits per heavy atom. The van der Waals surface area contributed by atoms with Gasteiger partial charge in [0.25, 0.3) is 0 Å². The molecule has 4 nitrogen and oxygen atoms in total. The largest absolute Gasteiger partial charge is 0.506 e. The molecule has 0 atom stereocenters. The SMILES string of the molecule is CC(C)(C)OC(=O)CNCc1cc(Cl)cc(Cl)c1O. The molecule has 2 N–H and O–H groups in total. The van der Waals surface area contributed by atoms with Crippen LogP contribution in [0.25, 0.3) is 0 Å². The van der Waals surface area contributed by atoms with Crippen molar-refractivity contribution in [2.24, 2.45) is 0 Å². The van der Waals surface area contributed by atoms with E-state index in [0.29, 0.717) is 10.6 Å². The van der Waals surface area contributed by atoms with Gasteiger partial charge in [0.05, 0.1) is 11.6 Å². The third-order valence-corrected chi connectivity index (χ3v) is 2.62. The second-order valence-electron chi connectivity index (χ2n) is 5.09. The number of ether oxygens (including phenoxy) is 1. The van der Waals surface area contributed by atoms with Gasteiger partial charge in [0.2, 0.25) is 0 Å². The summed E-state index contributed by atoms with van der Waals surface area (Å²) in [5.41, 5.74) is 0.0151. The molecule has 0 aliphatic carbocycles. The van der Waals surface area contributed by atoms with Gasteiger partial charge in [0.15, 0.2) is 0 Å². The van der Waals surface area contributed by atoms with Crippen LogP contribution in [0.5, 0.6) is 5.75 Å². The van der Waals surface area contributed by atoms with Crippen molar-refractivity contribution in [2.75, 3.05) is 6.54 Å². The van der Waals surface area contributed by atoms with Crippen LogP contribution in [-0.4, -0.2) is 23.2 Å². The topological polar surface area (TPSA) is 58.6 Å². The van der Waals surface area contributed by atoms with E-state index < -0.39 is 5.60 Å². The molecule has 1 aromatic rings. The number of carbonyl (C=O) groups excluding carboxylic acids is 1. The smallest absolute Gasteiger partial charge is 0.320 e. The van der Waals surface area contributed by atoms with E-state index in [0.717, 1.165) is 0 Å². The van der Waals surface area contributed by atoms with Crippen molar-refractivity contribution < 1.29 is 14.6 Å². The molecule has 1 rings (SSSR count). The average Bonchev–Trinajstić information content (AvgIpc) is 2.22. The zero-order chi connectivity index (χ0) is 14.6. The molecule has 0 saturated heterocycles. The molecule has 6 heteroatoms. The van der Waals surface area contributed by atoms with Crippen molar-refractivity contribution >= 4 is 29.2 Å². The van der Waals surface area contributed by atoms with Crippen LogP contribution in [0.4, 0.5) is 0 Å². The average molecular weight is 306 g/mol. The summed E-state index contributed by atoms with van der Waals surface area (Å²) < 4.78 is 5.14. The number of benzene rings is 1. The summed E-state index contributed by atoms with van der Waals surface area (Å²) in [6.07, 6.45) is 0. The van der Waals surface area contributed by atoms with Crippen LogP contribution in [0, 0.1) is 0 Å². The number of nitrogens with one attached hydrogen (secondary N) is 1. The maximum atomic E-state index is 11.5. The molecular formula is C13H17Cl2NO3. The van der Waals surface area contributed by atoms with Crippen LogP contribution in [0.3, 0.4) is 0 Å². The van der Waals surface area contributed by atoms with E-state index in [1.807, 2.05) is 0 Å². The van der Waals surface area contributed by atoms with Crippen LogP contribution in [0.1, 0.15) is 26.3 Å². The zero-order valence-electron chi connectivity index (χ0n) is 11.1. The first-order valence-corrected chi connectivity index (χ1v) is 6.54. The molecule has 19 heavy (non-hydrogen) atoms. The highest BCUT2D eigenvalue weighted by atomic mass is 35.5. The number of halogens is 2. The van der Waals surface area contributed by atoms with Crippen molar-refractivity contribution in [1.29, 1.82) is 0 Å². The normalized spacial score (nSPS) is 11.4. The molecule has 1 aromatic carbocycles. The van der Waals surface area contributed by atoms with Crippen LogP contribution < -0.4 is 5.32 Å². The van der Waals surface area contributed by atoms with Gasteiger partial charge in [-0.3, -0.25) is 4.79 Å². The fourth-order valence-electron chi connectivity index (χ4n) is 1.43. The van der Waals surface area contributed by atoms with Gasteiger partial charge in [0, 0.05) is 17.1 Å². The third kappa shape index (κ3) is 5.68. The molecule has 0 unspecified atom stereocenters. The van der Waals surface area contributed by atoms with Gasteiger partial charge in [-0.1, -0.05) is 23.2 Å². The van der Waals surface area contributed by atoms with E-state index in [1.165, 1.54) is 6.07 Å². The second-order valence-corrected chi connectivity index (χ2v) is 5.93. The van der Waals surface area contributed by atoms with E-state index in [4.69, 9.17) is 27.9 Å². The Morgan fingerprint density at radius 3 is 2.58 bits per heavy atom. The van der Waals surface area contributed by atoms with Gasteiger partial charge in [0.1, 0.15) is 11.4 Å². The molecule has 0 spiro atoms. The maximum absolute atomic E-state index is 11.5. The van der Waals surface area contributed by atoms with E-state index in [9.17, 15) is 9.90 Å². The Labute approximate surface area is 122 Å². The minimum Gasteiger partial charge on any atom is -0.506 e. The molecule has 0 aromatic heterocycles. The molecule has 0 aliphatic rings. The molecule has 0 amide bonds. The molecule has 0 saturated carbocycles. The fourth-order valence-corrected chi connectivity index (χ4v) is 1.97. The molecule has 0 aliphatic heterocycles. The Hall–Kier alpha value is -0.970. The first-order chi connectivity index (χ1) is 8.69. The molecule has 0 heterocycles. The minimum atomic E-state index is -0.514. The number of esters is 1. The Balaban J connectivity index is 2.52. The summed E-state index contributed by atoms with van der Waals surface area (Å²) in [6, 6.07) is 3.04. The van der Waals surface area contributed by atoms with Gasteiger partial charge in [-0.05, 0) is 32.9 Å². The van der Waals surface area contributed by atoms with Crippen molar-refractivity contribution in [2.45, 2.75) is 32.9 Å². The van der Waals surface area contributed by atoms with E-state index in [1.54, 1.807) is 26.8 Å². The fraction of sp³-hybridized carbons (Fsp3) is 0.462. The Morgan fingerprint density at radius 1 is 1.37 bits per heavy atom. The standard InChI is InChI=1S/C13H17Cl2NO3/c1-13(2,3)19-11(17)7-16-6-8-4-9(14)5-10(15)12(8)18/h4-5,16,18H,6-7H2,1-3H3. The number of phenolic OH excluding ortho intramolecular Hbond substituents is 1. The molecule has 0 radical (unpaired) electrons. The van der Waals surface area contributed by atoms with Gasteiger partial charge < -0.3 is 15.2 Å². The summed E-state index contributed by atoms with van der Waals surface area (Å²) in [7, 11) is 0. The van der Waals surface area contributed by atoms with Gasteiger partial charge in [-0.2, -0.15) is 0 Å². The van der Waals surface area contributed by atoms with Crippen molar-refractivity contribution in [1.82, 2.24) is 5.32 Å². The molecular weight excluding hydrogens is 289 g/mol. The van der Waals surface area contributed by atoms with Crippen LogP contribution in [0.2, 0.25) is 10.0 Å². The lowest BCUT2D eigenvalue weighted by atomic mass is 10.2. The molecule has 0 bridgehead atoms. The van der Waals surface area contributed by atoms with Crippen molar-refractivity contribution in [3.8, 4) is 5.75 Å². The number of hydrogen-bond donors (Lipinski definition) is 2. The summed E-state index contributed by atoms with van der Waals surface area (Å²) in [4.78, 5) is 11.5.